The zero-order valence-electron chi connectivity index (χ0n) is 17.3. The van der Waals surface area contributed by atoms with Crippen molar-refractivity contribution >= 4 is 42.5 Å². The third-order valence-electron chi connectivity index (χ3n) is 4.84. The van der Waals surface area contributed by atoms with Gasteiger partial charge in [0.15, 0.2) is 0 Å². The Morgan fingerprint density at radius 1 is 1.06 bits per heavy atom. The molecule has 0 saturated heterocycles. The molecule has 0 aliphatic carbocycles. The van der Waals surface area contributed by atoms with Crippen molar-refractivity contribution in [3.05, 3.63) is 83.8 Å². The summed E-state index contributed by atoms with van der Waals surface area (Å²) < 4.78 is 5.33. The van der Waals surface area contributed by atoms with Gasteiger partial charge in [-0.1, -0.05) is 36.4 Å². The first-order valence-electron chi connectivity index (χ1n) is 10.0. The number of benzene rings is 2. The van der Waals surface area contributed by atoms with Crippen molar-refractivity contribution in [1.29, 1.82) is 0 Å². The minimum absolute atomic E-state index is 0. The van der Waals surface area contributed by atoms with Gasteiger partial charge in [0.05, 0.1) is 12.8 Å². The van der Waals surface area contributed by atoms with Gasteiger partial charge in [-0.05, 0) is 59.4 Å². The van der Waals surface area contributed by atoms with Crippen molar-refractivity contribution in [2.75, 3.05) is 12.0 Å². The van der Waals surface area contributed by atoms with E-state index in [9.17, 15) is 14.7 Å². The number of furan rings is 1. The summed E-state index contributed by atoms with van der Waals surface area (Å²) in [5.74, 6) is 0.0948. The fourth-order valence-electron chi connectivity index (χ4n) is 3.23. The summed E-state index contributed by atoms with van der Waals surface area (Å²) in [5, 5.41) is 15.5. The van der Waals surface area contributed by atoms with Crippen molar-refractivity contribution in [3.8, 4) is 11.1 Å². The van der Waals surface area contributed by atoms with Crippen molar-refractivity contribution < 1.29 is 19.1 Å². The first-order chi connectivity index (χ1) is 15.1. The molecular weight excluding hydrogens is 419 g/mol. The van der Waals surface area contributed by atoms with Crippen LogP contribution in [-0.4, -0.2) is 53.9 Å². The van der Waals surface area contributed by atoms with Crippen LogP contribution in [0.15, 0.2) is 71.3 Å². The number of hydrogen-bond acceptors (Lipinski definition) is 5. The summed E-state index contributed by atoms with van der Waals surface area (Å²) in [4.78, 5) is 24.5. The molecule has 3 N–H and O–H groups in total. The molecule has 0 spiro atoms. The SMILES string of the molecule is CSCCC(NC(=O)c1ccc(CNCc2ccco2)cc1-c1ccccc1)C(=O)O.[LiH]. The first-order valence-corrected chi connectivity index (χ1v) is 11.4. The number of hydrogen-bond donors (Lipinski definition) is 3. The quantitative estimate of drug-likeness (QED) is 0.391. The van der Waals surface area contributed by atoms with Crippen LogP contribution in [0.4, 0.5) is 0 Å². The van der Waals surface area contributed by atoms with Gasteiger partial charge >= 0.3 is 24.8 Å². The summed E-state index contributed by atoms with van der Waals surface area (Å²) in [5.41, 5.74) is 3.14. The summed E-state index contributed by atoms with van der Waals surface area (Å²) in [6.07, 6.45) is 3.92. The standard InChI is InChI=1S/C24H26N2O4S.Li.H/c1-31-13-11-22(24(28)29)26-23(27)20-10-9-17(15-25-16-19-8-5-12-30-19)14-21(20)18-6-3-2-4-7-18;;/h2-10,12,14,22,25H,11,13,15-16H2,1H3,(H,26,27)(H,28,29);;. The zero-order valence-corrected chi connectivity index (χ0v) is 18.2. The Bertz CT molecular complexity index is 996. The van der Waals surface area contributed by atoms with Crippen LogP contribution in [0.1, 0.15) is 28.1 Å². The Morgan fingerprint density at radius 2 is 1.84 bits per heavy atom. The van der Waals surface area contributed by atoms with Gasteiger partial charge in [0.25, 0.3) is 5.91 Å². The van der Waals surface area contributed by atoms with Crippen LogP contribution in [0.5, 0.6) is 0 Å². The Labute approximate surface area is 204 Å². The summed E-state index contributed by atoms with van der Waals surface area (Å²) in [6, 6.07) is 18.1. The fourth-order valence-corrected chi connectivity index (χ4v) is 3.70. The van der Waals surface area contributed by atoms with E-state index in [2.05, 4.69) is 10.6 Å². The molecule has 0 radical (unpaired) electrons. The van der Waals surface area contributed by atoms with Gasteiger partial charge < -0.3 is 20.2 Å². The average molecular weight is 446 g/mol. The van der Waals surface area contributed by atoms with Crippen LogP contribution in [0, 0.1) is 0 Å². The second kappa shape index (κ2) is 13.2. The topological polar surface area (TPSA) is 91.6 Å². The van der Waals surface area contributed by atoms with Crippen molar-refractivity contribution in [2.45, 2.75) is 25.6 Å². The second-order valence-corrected chi connectivity index (χ2v) is 8.06. The van der Waals surface area contributed by atoms with Crippen LogP contribution in [0.2, 0.25) is 0 Å². The number of nitrogens with one attached hydrogen (secondary N) is 2. The van der Waals surface area contributed by atoms with Crippen LogP contribution in [0.25, 0.3) is 11.1 Å². The van der Waals surface area contributed by atoms with E-state index in [1.165, 1.54) is 0 Å². The molecule has 6 nitrogen and oxygen atoms in total. The molecule has 3 aromatic rings. The van der Waals surface area contributed by atoms with Gasteiger partial charge in [0.1, 0.15) is 11.8 Å². The Hall–Kier alpha value is -2.43. The molecule has 1 atom stereocenters. The molecule has 164 valence electrons. The van der Waals surface area contributed by atoms with Crippen LogP contribution in [-0.2, 0) is 17.9 Å². The molecule has 8 heteroatoms. The minimum atomic E-state index is -1.03. The molecular formula is C24H27LiN2O4S. The second-order valence-electron chi connectivity index (χ2n) is 7.07. The van der Waals surface area contributed by atoms with E-state index in [0.29, 0.717) is 30.8 Å². The van der Waals surface area contributed by atoms with Crippen LogP contribution < -0.4 is 10.6 Å². The van der Waals surface area contributed by atoms with Crippen molar-refractivity contribution in [2.24, 2.45) is 0 Å². The molecule has 1 amide bonds. The molecule has 0 saturated carbocycles. The molecule has 2 aromatic carbocycles. The molecule has 0 bridgehead atoms. The fraction of sp³-hybridized carbons (Fsp3) is 0.250. The summed E-state index contributed by atoms with van der Waals surface area (Å²) in [7, 11) is 0. The van der Waals surface area contributed by atoms with Gasteiger partial charge in [-0.2, -0.15) is 11.8 Å². The van der Waals surface area contributed by atoms with E-state index in [-0.39, 0.29) is 24.8 Å². The molecule has 32 heavy (non-hydrogen) atoms. The Morgan fingerprint density at radius 3 is 2.50 bits per heavy atom. The van der Waals surface area contributed by atoms with Gasteiger partial charge in [-0.15, -0.1) is 0 Å². The molecule has 3 rings (SSSR count). The van der Waals surface area contributed by atoms with Crippen molar-refractivity contribution in [1.82, 2.24) is 10.6 Å². The van der Waals surface area contributed by atoms with Gasteiger partial charge in [0, 0.05) is 12.1 Å². The normalized spacial score (nSPS) is 11.4. The van der Waals surface area contributed by atoms with E-state index in [1.54, 1.807) is 24.1 Å². The van der Waals surface area contributed by atoms with E-state index in [4.69, 9.17) is 4.42 Å². The number of carboxylic acid groups (broad SMARTS) is 1. The molecule has 0 aliphatic heterocycles. The predicted octanol–water partition coefficient (Wildman–Crippen LogP) is 3.52. The number of thioether (sulfide) groups is 1. The van der Waals surface area contributed by atoms with E-state index >= 15 is 0 Å². The Kier molecular flexibility index (Phi) is 10.6. The van der Waals surface area contributed by atoms with E-state index in [1.807, 2.05) is 60.9 Å². The maximum atomic E-state index is 13.0. The monoisotopic (exact) mass is 446 g/mol. The van der Waals surface area contributed by atoms with Gasteiger partial charge in [0.2, 0.25) is 0 Å². The summed E-state index contributed by atoms with van der Waals surface area (Å²) in [6.45, 7) is 1.21. The van der Waals surface area contributed by atoms with Crippen LogP contribution >= 0.6 is 11.8 Å². The number of carbonyl (C=O) groups excluding carboxylic acids is 1. The summed E-state index contributed by atoms with van der Waals surface area (Å²) >= 11 is 1.55. The number of aliphatic carboxylic acids is 1. The van der Waals surface area contributed by atoms with Gasteiger partial charge in [-0.25, -0.2) is 4.79 Å². The number of rotatable bonds is 11. The predicted molar refractivity (Wildman–Crippen MR) is 130 cm³/mol. The van der Waals surface area contributed by atoms with Gasteiger partial charge in [-0.3, -0.25) is 4.79 Å². The third-order valence-corrected chi connectivity index (χ3v) is 5.48. The molecule has 1 aromatic heterocycles. The Balaban J connectivity index is 0.00000363. The van der Waals surface area contributed by atoms with Crippen molar-refractivity contribution in [3.63, 3.8) is 0 Å². The average Bonchev–Trinajstić information content (AvgIpc) is 3.30. The van der Waals surface area contributed by atoms with Crippen LogP contribution in [0.3, 0.4) is 0 Å². The number of carboxylic acids is 1. The number of carbonyl (C=O) groups is 2. The molecule has 0 fully saturated rings. The van der Waals surface area contributed by atoms with E-state index in [0.717, 1.165) is 22.5 Å². The first kappa shape index (κ1) is 25.8. The zero-order chi connectivity index (χ0) is 22.1. The van der Waals surface area contributed by atoms with E-state index < -0.39 is 12.0 Å². The number of amides is 1. The molecule has 0 aliphatic rings. The molecule has 1 unspecified atom stereocenters. The maximum absolute atomic E-state index is 13.0. The molecule has 1 heterocycles. The third kappa shape index (κ3) is 7.32.